The van der Waals surface area contributed by atoms with Crippen LogP contribution in [-0.2, 0) is 35.0 Å². The second-order valence-corrected chi connectivity index (χ2v) is 17.4. The molecule has 1 aliphatic rings. The van der Waals surface area contributed by atoms with Gasteiger partial charge in [-0.2, -0.15) is 0 Å². The third kappa shape index (κ3) is 11.6. The van der Waals surface area contributed by atoms with Crippen molar-refractivity contribution in [3.05, 3.63) is 131 Å². The smallest absolute Gasteiger partial charge is 0.399 e. The molecule has 1 fully saturated rings. The maximum Gasteiger partial charge on any atom is 0.494 e. The molecule has 4 heteroatoms. The molecule has 1 saturated heterocycles. The standard InChI is InChI=1S/C53H68BNO2.C2H6/c1-9-13-17-19-41-23-37-51(45(39-41)21-16-12-4)43-26-32-48(33-27-43)55(49-34-28-46(29-35-49)54-56-52(5,6)53(7,8)57-54)47-30-24-42(25-31-47)50-36-22-40(18-14-10-2)38-44(50)20-15-11-3;1-2/h22-39H,9-21H2,1-8H3;1-2H3. The summed E-state index contributed by atoms with van der Waals surface area (Å²) in [6.45, 7) is 21.6. The summed E-state index contributed by atoms with van der Waals surface area (Å²) in [5, 5.41) is 0. The van der Waals surface area contributed by atoms with Gasteiger partial charge in [0.15, 0.2) is 0 Å². The molecule has 0 saturated carbocycles. The average Bonchev–Trinajstić information content (AvgIpc) is 3.48. The van der Waals surface area contributed by atoms with Gasteiger partial charge in [-0.25, -0.2) is 0 Å². The van der Waals surface area contributed by atoms with Crippen molar-refractivity contribution in [3.63, 3.8) is 0 Å². The van der Waals surface area contributed by atoms with Crippen LogP contribution < -0.4 is 10.4 Å². The quantitative estimate of drug-likeness (QED) is 0.0614. The Morgan fingerprint density at radius 3 is 1.22 bits per heavy atom. The van der Waals surface area contributed by atoms with Crippen molar-refractivity contribution in [2.24, 2.45) is 0 Å². The van der Waals surface area contributed by atoms with E-state index >= 15 is 0 Å². The van der Waals surface area contributed by atoms with Crippen molar-refractivity contribution >= 4 is 29.6 Å². The fourth-order valence-electron chi connectivity index (χ4n) is 8.06. The number of rotatable bonds is 19. The summed E-state index contributed by atoms with van der Waals surface area (Å²) in [6.07, 6.45) is 15.6. The predicted molar refractivity (Wildman–Crippen MR) is 258 cm³/mol. The maximum absolute atomic E-state index is 6.42. The summed E-state index contributed by atoms with van der Waals surface area (Å²) in [7, 11) is -0.397. The summed E-state index contributed by atoms with van der Waals surface area (Å²) in [5.74, 6) is 0. The molecule has 3 nitrogen and oxygen atoms in total. The molecule has 0 atom stereocenters. The van der Waals surface area contributed by atoms with Crippen LogP contribution in [-0.4, -0.2) is 18.3 Å². The average molecular weight is 792 g/mol. The maximum atomic E-state index is 6.42. The largest absolute Gasteiger partial charge is 0.494 e. The predicted octanol–water partition coefficient (Wildman–Crippen LogP) is 15.6. The number of benzene rings is 5. The molecule has 5 aromatic carbocycles. The molecule has 6 rings (SSSR count). The number of nitrogens with zero attached hydrogens (tertiary/aromatic N) is 1. The lowest BCUT2D eigenvalue weighted by Crippen LogP contribution is -2.41. The third-order valence-corrected chi connectivity index (χ3v) is 12.4. The van der Waals surface area contributed by atoms with Gasteiger partial charge in [0.1, 0.15) is 0 Å². The number of aryl methyl sites for hydroxylation is 4. The summed E-state index contributed by atoms with van der Waals surface area (Å²) >= 11 is 0. The van der Waals surface area contributed by atoms with Crippen molar-refractivity contribution in [1.29, 1.82) is 0 Å². The van der Waals surface area contributed by atoms with E-state index in [0.29, 0.717) is 0 Å². The second-order valence-electron chi connectivity index (χ2n) is 17.4. The molecule has 1 heterocycles. The fraction of sp³-hybridized carbons (Fsp3) is 0.455. The lowest BCUT2D eigenvalue weighted by molar-refractivity contribution is 0.00578. The molecule has 0 amide bonds. The Hall–Kier alpha value is -4.12. The van der Waals surface area contributed by atoms with E-state index in [1.165, 1.54) is 102 Å². The van der Waals surface area contributed by atoms with E-state index in [4.69, 9.17) is 9.31 Å². The van der Waals surface area contributed by atoms with E-state index in [9.17, 15) is 0 Å². The molecule has 314 valence electrons. The Balaban J connectivity index is 0.00000326. The van der Waals surface area contributed by atoms with E-state index in [2.05, 4.69) is 169 Å². The van der Waals surface area contributed by atoms with Gasteiger partial charge in [-0.15, -0.1) is 0 Å². The SMILES string of the molecule is CC.CCCCCc1ccc(-c2ccc(N(c3ccc(B4OC(C)(C)C(C)(C)O4)cc3)c3ccc(-c4ccc(CCCC)cc4CCCC)cc3)cc2)c(CCCC)c1. The van der Waals surface area contributed by atoms with Gasteiger partial charge in [-0.05, 0) is 165 Å². The van der Waals surface area contributed by atoms with Gasteiger partial charge in [0.2, 0.25) is 0 Å². The highest BCUT2D eigenvalue weighted by atomic mass is 16.7. The third-order valence-electron chi connectivity index (χ3n) is 12.4. The number of hydrogen-bond acceptors (Lipinski definition) is 3. The van der Waals surface area contributed by atoms with Crippen molar-refractivity contribution < 1.29 is 9.31 Å². The Morgan fingerprint density at radius 1 is 0.441 bits per heavy atom. The van der Waals surface area contributed by atoms with Crippen LogP contribution in [0.25, 0.3) is 22.3 Å². The van der Waals surface area contributed by atoms with Crippen molar-refractivity contribution in [3.8, 4) is 22.3 Å². The van der Waals surface area contributed by atoms with Gasteiger partial charge >= 0.3 is 7.12 Å². The first-order chi connectivity index (χ1) is 28.6. The van der Waals surface area contributed by atoms with Gasteiger partial charge in [0.05, 0.1) is 11.2 Å². The summed E-state index contributed by atoms with van der Waals surface area (Å²) in [6, 6.07) is 41.6. The van der Waals surface area contributed by atoms with E-state index in [1.54, 1.807) is 0 Å². The zero-order valence-corrected chi connectivity index (χ0v) is 38.4. The Labute approximate surface area is 360 Å². The van der Waals surface area contributed by atoms with Crippen LogP contribution in [0.3, 0.4) is 0 Å². The molecule has 59 heavy (non-hydrogen) atoms. The number of anilines is 3. The van der Waals surface area contributed by atoms with Crippen LogP contribution in [0.15, 0.2) is 109 Å². The number of unbranched alkanes of at least 4 members (excludes halogenated alkanes) is 5. The highest BCUT2D eigenvalue weighted by molar-refractivity contribution is 6.62. The normalized spacial score (nSPS) is 14.2. The lowest BCUT2D eigenvalue weighted by atomic mass is 9.79. The fourth-order valence-corrected chi connectivity index (χ4v) is 8.06. The van der Waals surface area contributed by atoms with Crippen molar-refractivity contribution in [2.45, 2.75) is 164 Å². The molecule has 0 N–H and O–H groups in total. The summed E-state index contributed by atoms with van der Waals surface area (Å²) < 4.78 is 12.8. The minimum atomic E-state index is -0.397. The molecule has 0 bridgehead atoms. The summed E-state index contributed by atoms with van der Waals surface area (Å²) in [4.78, 5) is 2.38. The minimum Gasteiger partial charge on any atom is -0.399 e. The highest BCUT2D eigenvalue weighted by Crippen LogP contribution is 2.39. The van der Waals surface area contributed by atoms with Gasteiger partial charge in [0.25, 0.3) is 0 Å². The molecule has 5 aromatic rings. The van der Waals surface area contributed by atoms with E-state index in [1.807, 2.05) is 13.8 Å². The molecule has 0 radical (unpaired) electrons. The van der Waals surface area contributed by atoms with Gasteiger partial charge in [0, 0.05) is 17.1 Å². The first-order valence-corrected chi connectivity index (χ1v) is 23.3. The first-order valence-electron chi connectivity index (χ1n) is 23.3. The van der Waals surface area contributed by atoms with Crippen LogP contribution >= 0.6 is 0 Å². The molecule has 0 aliphatic carbocycles. The Bertz CT molecular complexity index is 2000. The summed E-state index contributed by atoms with van der Waals surface area (Å²) in [5.41, 5.74) is 14.8. The first kappa shape index (κ1) is 46.0. The molecule has 0 aromatic heterocycles. The van der Waals surface area contributed by atoms with E-state index < -0.39 is 7.12 Å². The van der Waals surface area contributed by atoms with E-state index in [0.717, 1.165) is 48.2 Å². The van der Waals surface area contributed by atoms with Crippen LogP contribution in [0.1, 0.15) is 149 Å². The van der Waals surface area contributed by atoms with Crippen LogP contribution in [0.2, 0.25) is 0 Å². The lowest BCUT2D eigenvalue weighted by Gasteiger charge is -2.32. The monoisotopic (exact) mass is 792 g/mol. The molecule has 0 spiro atoms. The van der Waals surface area contributed by atoms with E-state index in [-0.39, 0.29) is 11.2 Å². The topological polar surface area (TPSA) is 21.7 Å². The Morgan fingerprint density at radius 2 is 0.814 bits per heavy atom. The van der Waals surface area contributed by atoms with Crippen LogP contribution in [0.5, 0.6) is 0 Å². The van der Waals surface area contributed by atoms with Crippen molar-refractivity contribution in [2.75, 3.05) is 4.90 Å². The Kier molecular flexibility index (Phi) is 17.1. The zero-order valence-electron chi connectivity index (χ0n) is 38.4. The van der Waals surface area contributed by atoms with Gasteiger partial charge in [-0.3, -0.25) is 0 Å². The molecular formula is C55H74BNO2. The van der Waals surface area contributed by atoms with Crippen LogP contribution in [0, 0.1) is 0 Å². The number of hydrogen-bond donors (Lipinski definition) is 0. The van der Waals surface area contributed by atoms with Gasteiger partial charge < -0.3 is 14.2 Å². The molecule has 1 aliphatic heterocycles. The van der Waals surface area contributed by atoms with Gasteiger partial charge in [-0.1, -0.05) is 146 Å². The zero-order chi connectivity index (χ0) is 42.4. The van der Waals surface area contributed by atoms with Crippen molar-refractivity contribution in [1.82, 2.24) is 0 Å². The minimum absolute atomic E-state index is 0.385. The molecule has 0 unspecified atom stereocenters. The van der Waals surface area contributed by atoms with Crippen LogP contribution in [0.4, 0.5) is 17.1 Å². The molecular weight excluding hydrogens is 717 g/mol. The highest BCUT2D eigenvalue weighted by Gasteiger charge is 2.51. The second kappa shape index (κ2) is 21.9.